The molecule has 2 aliphatic heterocycles. The van der Waals surface area contributed by atoms with Crippen LogP contribution < -0.4 is 69.5 Å². The minimum absolute atomic E-state index is 0. The minimum atomic E-state index is -5.03. The Labute approximate surface area is 216 Å². The normalized spacial score (nSPS) is 25.6. The SMILES string of the molecule is CC1(C)S[C@@H]2[C@@H](NC(=O)C(c3ccccc3)S(=O)(=O)[O-])C(=O)N2[C@H]1C(=O)[O-].[Na+].[Na+]. The molecule has 4 atom stereocenters. The van der Waals surface area contributed by atoms with Gasteiger partial charge in [-0.25, -0.2) is 8.42 Å². The van der Waals surface area contributed by atoms with Crippen molar-refractivity contribution in [1.29, 1.82) is 0 Å². The van der Waals surface area contributed by atoms with E-state index in [0.29, 0.717) is 0 Å². The van der Waals surface area contributed by atoms with Crippen LogP contribution in [0.4, 0.5) is 0 Å². The topological polar surface area (TPSA) is 147 Å². The number of amides is 2. The quantitative estimate of drug-likeness (QED) is 0.260. The zero-order chi connectivity index (χ0) is 20.1. The number of hydrogen-bond acceptors (Lipinski definition) is 8. The van der Waals surface area contributed by atoms with E-state index in [0.717, 1.165) is 16.7 Å². The molecule has 1 aromatic carbocycles. The third kappa shape index (κ3) is 5.04. The first-order valence-electron chi connectivity index (χ1n) is 7.96. The molecule has 0 radical (unpaired) electrons. The van der Waals surface area contributed by atoms with Gasteiger partial charge < -0.3 is 24.7 Å². The first-order chi connectivity index (χ1) is 12.4. The van der Waals surface area contributed by atoms with Crippen LogP contribution in [0.1, 0.15) is 24.7 Å². The van der Waals surface area contributed by atoms with E-state index in [1.165, 1.54) is 24.3 Å². The molecule has 1 unspecified atom stereocenters. The van der Waals surface area contributed by atoms with E-state index in [4.69, 9.17) is 0 Å². The number of aliphatic carboxylic acids is 1. The number of carbonyl (C=O) groups is 3. The molecule has 2 fully saturated rings. The second-order valence-electron chi connectivity index (χ2n) is 6.85. The van der Waals surface area contributed by atoms with Gasteiger partial charge in [-0.05, 0) is 19.4 Å². The molecule has 2 amide bonds. The predicted octanol–water partition coefficient (Wildman–Crippen LogP) is -7.42. The molecule has 29 heavy (non-hydrogen) atoms. The Balaban J connectivity index is 0.00000210. The summed E-state index contributed by atoms with van der Waals surface area (Å²) in [6.45, 7) is 3.27. The largest absolute Gasteiger partial charge is 1.00 e. The van der Waals surface area contributed by atoms with Crippen molar-refractivity contribution in [3.63, 3.8) is 0 Å². The van der Waals surface area contributed by atoms with Gasteiger partial charge in [0, 0.05) is 4.75 Å². The summed E-state index contributed by atoms with van der Waals surface area (Å²) < 4.78 is 34.0. The Morgan fingerprint density at radius 1 is 1.21 bits per heavy atom. The van der Waals surface area contributed by atoms with E-state index in [1.807, 2.05) is 0 Å². The van der Waals surface area contributed by atoms with Crippen LogP contribution in [0.2, 0.25) is 0 Å². The van der Waals surface area contributed by atoms with E-state index in [1.54, 1.807) is 19.9 Å². The average Bonchev–Trinajstić information content (AvgIpc) is 2.81. The van der Waals surface area contributed by atoms with Gasteiger partial charge in [0.25, 0.3) is 0 Å². The van der Waals surface area contributed by atoms with Crippen molar-refractivity contribution in [2.45, 2.75) is 41.3 Å². The summed E-state index contributed by atoms with van der Waals surface area (Å²) in [7, 11) is -5.03. The zero-order valence-electron chi connectivity index (χ0n) is 16.3. The molecule has 146 valence electrons. The van der Waals surface area contributed by atoms with Gasteiger partial charge >= 0.3 is 59.1 Å². The van der Waals surface area contributed by atoms with Crippen molar-refractivity contribution < 1.29 is 91.6 Å². The van der Waals surface area contributed by atoms with Crippen LogP contribution in [0.5, 0.6) is 0 Å². The molecule has 1 N–H and O–H groups in total. The van der Waals surface area contributed by atoms with Crippen LogP contribution in [-0.2, 0) is 24.5 Å². The van der Waals surface area contributed by atoms with E-state index >= 15 is 0 Å². The third-order valence-corrected chi connectivity index (χ3v) is 7.23. The van der Waals surface area contributed by atoms with Crippen LogP contribution in [0, 0.1) is 0 Å². The first-order valence-corrected chi connectivity index (χ1v) is 10.3. The monoisotopic (exact) mass is 458 g/mol. The molecule has 0 spiro atoms. The smallest absolute Gasteiger partial charge is 0.747 e. The van der Waals surface area contributed by atoms with Gasteiger partial charge in [-0.3, -0.25) is 9.59 Å². The van der Waals surface area contributed by atoms with Gasteiger partial charge in [0.2, 0.25) is 11.8 Å². The maximum Gasteiger partial charge on any atom is 1.00 e. The number of benzene rings is 1. The van der Waals surface area contributed by atoms with Gasteiger partial charge in [0.05, 0.1) is 12.0 Å². The number of carboxylic acid groups (broad SMARTS) is 1. The summed E-state index contributed by atoms with van der Waals surface area (Å²) in [5.74, 6) is -3.18. The molecule has 2 saturated heterocycles. The van der Waals surface area contributed by atoms with Crippen molar-refractivity contribution in [3.05, 3.63) is 35.9 Å². The molecule has 0 aromatic heterocycles. The molecule has 2 aliphatic rings. The summed E-state index contributed by atoms with van der Waals surface area (Å²) in [5, 5.41) is 11.0. The number of nitrogens with zero attached hydrogens (tertiary/aromatic N) is 1. The van der Waals surface area contributed by atoms with Gasteiger partial charge in [0.1, 0.15) is 21.5 Å². The molecule has 9 nitrogen and oxygen atoms in total. The number of carboxylic acids is 1. The Kier molecular flexibility index (Phi) is 8.89. The number of carbonyl (C=O) groups excluding carboxylic acids is 3. The van der Waals surface area contributed by atoms with Crippen LogP contribution in [0.25, 0.3) is 0 Å². The second kappa shape index (κ2) is 9.58. The van der Waals surface area contributed by atoms with Crippen molar-refractivity contribution in [3.8, 4) is 0 Å². The number of hydrogen-bond donors (Lipinski definition) is 1. The van der Waals surface area contributed by atoms with E-state index in [-0.39, 0.29) is 64.7 Å². The maximum absolute atomic E-state index is 12.5. The van der Waals surface area contributed by atoms with Crippen molar-refractivity contribution in [2.24, 2.45) is 0 Å². The number of β-lactam (4-membered cyclic amide) rings is 1. The molecule has 13 heteroatoms. The van der Waals surface area contributed by atoms with Gasteiger partial charge in [-0.15, -0.1) is 11.8 Å². The zero-order valence-corrected chi connectivity index (χ0v) is 22.0. The Morgan fingerprint density at radius 3 is 2.24 bits per heavy atom. The Hall–Kier alpha value is -0.110. The van der Waals surface area contributed by atoms with Gasteiger partial charge in [0.15, 0.2) is 5.25 Å². The summed E-state index contributed by atoms with van der Waals surface area (Å²) in [6.07, 6.45) is 0. The molecule has 2 heterocycles. The molecule has 0 saturated carbocycles. The van der Waals surface area contributed by atoms with Crippen LogP contribution in [0.15, 0.2) is 30.3 Å². The molecule has 1 aromatic rings. The van der Waals surface area contributed by atoms with Gasteiger partial charge in [-0.2, -0.15) is 0 Å². The van der Waals surface area contributed by atoms with Crippen LogP contribution in [-0.4, -0.2) is 57.9 Å². The third-order valence-electron chi connectivity index (χ3n) is 4.59. The van der Waals surface area contributed by atoms with Crippen LogP contribution >= 0.6 is 11.8 Å². The summed E-state index contributed by atoms with van der Waals surface area (Å²) in [5.41, 5.74) is -0.0133. The number of thioether (sulfide) groups is 1. The fourth-order valence-electron chi connectivity index (χ4n) is 3.43. The van der Waals surface area contributed by atoms with Crippen molar-refractivity contribution in [1.82, 2.24) is 10.2 Å². The summed E-state index contributed by atoms with van der Waals surface area (Å²) >= 11 is 1.16. The Morgan fingerprint density at radius 2 is 1.76 bits per heavy atom. The molecular weight excluding hydrogens is 442 g/mol. The number of fused-ring (bicyclic) bond motifs is 1. The molecular formula is C16H16N2Na2O7S2. The minimum Gasteiger partial charge on any atom is -0.747 e. The molecule has 0 aliphatic carbocycles. The summed E-state index contributed by atoms with van der Waals surface area (Å²) in [4.78, 5) is 37.4. The van der Waals surface area contributed by atoms with E-state index < -0.39 is 55.4 Å². The van der Waals surface area contributed by atoms with Crippen molar-refractivity contribution >= 4 is 39.7 Å². The van der Waals surface area contributed by atoms with Crippen LogP contribution in [0.3, 0.4) is 0 Å². The van der Waals surface area contributed by atoms with E-state index in [9.17, 15) is 32.5 Å². The number of rotatable bonds is 5. The average molecular weight is 458 g/mol. The van der Waals surface area contributed by atoms with E-state index in [2.05, 4.69) is 5.32 Å². The maximum atomic E-state index is 12.5. The Bertz CT molecular complexity index is 911. The molecule has 3 rings (SSSR count). The van der Waals surface area contributed by atoms with Crippen molar-refractivity contribution in [2.75, 3.05) is 0 Å². The fraction of sp³-hybridized carbons (Fsp3) is 0.438. The standard InChI is InChI=1S/C16H18N2O7S2.2Na/c1-16(2)11(15(21)22)18-13(20)9(14(18)26-16)17-12(19)10(27(23,24)25)8-6-4-3-5-7-8;;/h3-7,9-11,14H,1-2H3,(H,17,19)(H,21,22)(H,23,24,25);;/q;2*+1/p-2/t9-,10?,11-,14+;;/m0../s1. The second-order valence-corrected chi connectivity index (χ2v) is 10.1. The first kappa shape index (κ1) is 26.9. The molecule has 0 bridgehead atoms. The summed E-state index contributed by atoms with van der Waals surface area (Å²) in [6, 6.07) is 4.94. The fourth-order valence-corrected chi connectivity index (χ4v) is 5.87. The van der Waals surface area contributed by atoms with Gasteiger partial charge in [-0.1, -0.05) is 30.3 Å². The predicted molar refractivity (Wildman–Crippen MR) is 91.9 cm³/mol. The number of nitrogens with one attached hydrogen (secondary N) is 1.